The van der Waals surface area contributed by atoms with E-state index in [4.69, 9.17) is 0 Å². The van der Waals surface area contributed by atoms with Crippen LogP contribution in [0.5, 0.6) is 0 Å². The van der Waals surface area contributed by atoms with Crippen molar-refractivity contribution in [2.75, 3.05) is 0 Å². The zero-order valence-electron chi connectivity index (χ0n) is 22.8. The summed E-state index contributed by atoms with van der Waals surface area (Å²) >= 11 is 0. The van der Waals surface area contributed by atoms with Crippen molar-refractivity contribution in [2.45, 2.75) is 50.5 Å². The zero-order valence-corrected chi connectivity index (χ0v) is 22.8. The number of aliphatic hydroxyl groups is 1. The van der Waals surface area contributed by atoms with Crippen LogP contribution in [0.2, 0.25) is 0 Å². The molecule has 0 fully saturated rings. The van der Waals surface area contributed by atoms with Gasteiger partial charge in [0, 0.05) is 43.9 Å². The van der Waals surface area contributed by atoms with Gasteiger partial charge in [0.2, 0.25) is 0 Å². The third-order valence-electron chi connectivity index (χ3n) is 6.62. The summed E-state index contributed by atoms with van der Waals surface area (Å²) in [5, 5.41) is 23.1. The second-order valence-electron chi connectivity index (χ2n) is 9.86. The van der Waals surface area contributed by atoms with E-state index in [1.54, 1.807) is 24.8 Å². The predicted molar refractivity (Wildman–Crippen MR) is 158 cm³/mol. The third kappa shape index (κ3) is 10.4. The highest BCUT2D eigenvalue weighted by Crippen LogP contribution is 2.14. The molecule has 0 saturated heterocycles. The lowest BCUT2D eigenvalue weighted by Crippen LogP contribution is -2.51. The molecular weight excluding hydrogens is 516 g/mol. The maximum atomic E-state index is 12.9. The number of benzene rings is 2. The van der Waals surface area contributed by atoms with Gasteiger partial charge >= 0.3 is 12.1 Å². The molecule has 0 radical (unpaired) electrons. The fourth-order valence-electron chi connectivity index (χ4n) is 4.52. The minimum Gasteiger partial charge on any atom is -0.391 e. The smallest absolute Gasteiger partial charge is 0.315 e. The molecule has 0 unspecified atom stereocenters. The number of aromatic nitrogens is 2. The van der Waals surface area contributed by atoms with Crippen molar-refractivity contribution >= 4 is 12.1 Å². The Balaban J connectivity index is 1.43. The molecule has 4 rings (SSSR count). The highest BCUT2D eigenvalue weighted by Gasteiger charge is 2.26. The van der Waals surface area contributed by atoms with Gasteiger partial charge in [-0.2, -0.15) is 0 Å². The highest BCUT2D eigenvalue weighted by atomic mass is 16.3. The second-order valence-corrected chi connectivity index (χ2v) is 9.86. The normalized spacial score (nSPS) is 12.9. The van der Waals surface area contributed by atoms with E-state index in [1.807, 2.05) is 84.9 Å². The molecule has 0 spiro atoms. The predicted octanol–water partition coefficient (Wildman–Crippen LogP) is 3.75. The summed E-state index contributed by atoms with van der Waals surface area (Å²) in [7, 11) is 0. The van der Waals surface area contributed by atoms with Crippen molar-refractivity contribution in [3.8, 4) is 0 Å². The molecule has 0 aliphatic heterocycles. The number of pyridine rings is 2. The number of nitrogens with one attached hydrogen (secondary N) is 4. The molecule has 4 aromatic rings. The Labute approximate surface area is 240 Å². The van der Waals surface area contributed by atoms with Crippen molar-refractivity contribution in [3.05, 3.63) is 132 Å². The summed E-state index contributed by atoms with van der Waals surface area (Å²) in [5.74, 6) is 0. The van der Waals surface area contributed by atoms with E-state index in [-0.39, 0.29) is 18.5 Å². The number of hydrogen-bond acceptors (Lipinski definition) is 5. The maximum Gasteiger partial charge on any atom is 0.315 e. The molecular formula is C32H36N6O3. The zero-order chi connectivity index (χ0) is 28.7. The van der Waals surface area contributed by atoms with E-state index >= 15 is 0 Å². The Morgan fingerprint density at radius 1 is 0.634 bits per heavy atom. The Hall–Kier alpha value is -4.76. The molecule has 0 saturated carbocycles. The average molecular weight is 553 g/mol. The molecule has 2 aromatic carbocycles. The lowest BCUT2D eigenvalue weighted by atomic mass is 9.93. The van der Waals surface area contributed by atoms with Gasteiger partial charge in [0.05, 0.1) is 12.1 Å². The molecule has 0 aliphatic rings. The van der Waals surface area contributed by atoms with Gasteiger partial charge in [-0.25, -0.2) is 9.59 Å². The second kappa shape index (κ2) is 15.7. The van der Waals surface area contributed by atoms with Crippen LogP contribution in [0.4, 0.5) is 9.59 Å². The Bertz CT molecular complexity index is 1330. The van der Waals surface area contributed by atoms with Gasteiger partial charge in [-0.3, -0.25) is 9.97 Å². The first-order valence-corrected chi connectivity index (χ1v) is 13.7. The number of urea groups is 2. The van der Waals surface area contributed by atoms with Gasteiger partial charge in [0.25, 0.3) is 0 Å². The number of carbonyl (C=O) groups is 2. The van der Waals surface area contributed by atoms with Crippen molar-refractivity contribution in [1.82, 2.24) is 31.2 Å². The van der Waals surface area contributed by atoms with Gasteiger partial charge in [-0.05, 0) is 53.6 Å². The van der Waals surface area contributed by atoms with Crippen LogP contribution in [0.15, 0.2) is 110 Å². The van der Waals surface area contributed by atoms with Crippen LogP contribution in [0.3, 0.4) is 0 Å². The quantitative estimate of drug-likeness (QED) is 0.173. The Morgan fingerprint density at radius 3 is 1.63 bits per heavy atom. The lowest BCUT2D eigenvalue weighted by Gasteiger charge is -2.28. The topological polar surface area (TPSA) is 128 Å². The summed E-state index contributed by atoms with van der Waals surface area (Å²) in [6.07, 6.45) is 6.98. The van der Waals surface area contributed by atoms with Gasteiger partial charge in [0.1, 0.15) is 0 Å². The van der Waals surface area contributed by atoms with E-state index in [0.29, 0.717) is 25.9 Å². The summed E-state index contributed by atoms with van der Waals surface area (Å²) in [6, 6.07) is 25.2. The average Bonchev–Trinajstić information content (AvgIpc) is 3.01. The van der Waals surface area contributed by atoms with Gasteiger partial charge in [0.15, 0.2) is 0 Å². The first-order valence-electron chi connectivity index (χ1n) is 13.7. The summed E-state index contributed by atoms with van der Waals surface area (Å²) in [4.78, 5) is 33.9. The highest BCUT2D eigenvalue weighted by molar-refractivity contribution is 5.75. The molecule has 9 heteroatoms. The standard InChI is InChI=1S/C32H36N6O3/c39-30(29(18-25-11-5-2-6-12-25)38-32(41)36-23-27-14-8-16-34-21-27)19-28(17-24-9-3-1-4-10-24)37-31(40)35-22-26-13-7-15-33-20-26/h1-16,20-21,28-30,39H,17-19,22-23H2,(H2,35,37,40)(H2,36,38,41)/t28-,29-,30-/m0/s1. The molecule has 9 nitrogen and oxygen atoms in total. The third-order valence-corrected chi connectivity index (χ3v) is 6.62. The van der Waals surface area contributed by atoms with Crippen molar-refractivity contribution in [1.29, 1.82) is 0 Å². The summed E-state index contributed by atoms with van der Waals surface area (Å²) in [5.41, 5.74) is 3.75. The number of amides is 4. The molecule has 4 amide bonds. The molecule has 0 bridgehead atoms. The van der Waals surface area contributed by atoms with Crippen LogP contribution in [-0.4, -0.2) is 45.3 Å². The summed E-state index contributed by atoms with van der Waals surface area (Å²) in [6.45, 7) is 0.638. The first kappa shape index (κ1) is 29.2. The summed E-state index contributed by atoms with van der Waals surface area (Å²) < 4.78 is 0. The van der Waals surface area contributed by atoms with Gasteiger partial charge in [-0.15, -0.1) is 0 Å². The van der Waals surface area contributed by atoms with E-state index < -0.39 is 18.2 Å². The minimum atomic E-state index is -0.938. The largest absolute Gasteiger partial charge is 0.391 e. The van der Waals surface area contributed by atoms with E-state index in [9.17, 15) is 14.7 Å². The SMILES string of the molecule is O=C(NCc1cccnc1)N[C@@H](Cc1ccccc1)C[C@H](O)[C@H](Cc1ccccc1)NC(=O)NCc1cccnc1. The van der Waals surface area contributed by atoms with Crippen LogP contribution in [0, 0.1) is 0 Å². The minimum absolute atomic E-state index is 0.232. The number of aliphatic hydroxyl groups excluding tert-OH is 1. The molecule has 3 atom stereocenters. The molecule has 212 valence electrons. The van der Waals surface area contributed by atoms with E-state index in [1.165, 1.54) is 0 Å². The van der Waals surface area contributed by atoms with E-state index in [2.05, 4.69) is 31.2 Å². The fourth-order valence-corrected chi connectivity index (χ4v) is 4.52. The van der Waals surface area contributed by atoms with Gasteiger partial charge in [-0.1, -0.05) is 72.8 Å². The van der Waals surface area contributed by atoms with Crippen LogP contribution < -0.4 is 21.3 Å². The van der Waals surface area contributed by atoms with Crippen LogP contribution in [0.25, 0.3) is 0 Å². The Morgan fingerprint density at radius 2 is 1.12 bits per heavy atom. The molecule has 2 aromatic heterocycles. The van der Waals surface area contributed by atoms with Crippen LogP contribution >= 0.6 is 0 Å². The van der Waals surface area contributed by atoms with Crippen LogP contribution in [0.1, 0.15) is 28.7 Å². The maximum absolute atomic E-state index is 12.9. The lowest BCUT2D eigenvalue weighted by molar-refractivity contribution is 0.109. The fraction of sp³-hybridized carbons (Fsp3) is 0.250. The number of hydrogen-bond donors (Lipinski definition) is 5. The molecule has 0 aliphatic carbocycles. The van der Waals surface area contributed by atoms with Crippen molar-refractivity contribution in [2.24, 2.45) is 0 Å². The monoisotopic (exact) mass is 552 g/mol. The van der Waals surface area contributed by atoms with Crippen LogP contribution in [-0.2, 0) is 25.9 Å². The Kier molecular flexibility index (Phi) is 11.2. The molecule has 5 N–H and O–H groups in total. The number of rotatable bonds is 13. The van der Waals surface area contributed by atoms with E-state index in [0.717, 1.165) is 22.3 Å². The molecule has 41 heavy (non-hydrogen) atoms. The first-order chi connectivity index (χ1) is 20.0. The number of carbonyl (C=O) groups excluding carboxylic acids is 2. The number of nitrogens with zero attached hydrogens (tertiary/aromatic N) is 2. The molecule has 2 heterocycles. The van der Waals surface area contributed by atoms with Gasteiger partial charge < -0.3 is 26.4 Å². The van der Waals surface area contributed by atoms with Crippen molar-refractivity contribution in [3.63, 3.8) is 0 Å². The van der Waals surface area contributed by atoms with Crippen molar-refractivity contribution < 1.29 is 14.7 Å².